The maximum absolute atomic E-state index is 5.81. The van der Waals surface area contributed by atoms with Crippen LogP contribution in [-0.4, -0.2) is 15.2 Å². The number of anilines is 3. The predicted octanol–water partition coefficient (Wildman–Crippen LogP) is 2.08. The van der Waals surface area contributed by atoms with Crippen molar-refractivity contribution in [1.82, 2.24) is 15.2 Å². The summed E-state index contributed by atoms with van der Waals surface area (Å²) in [7, 11) is 0. The number of nitrogen functional groups attached to an aromatic ring is 1. The van der Waals surface area contributed by atoms with Crippen LogP contribution in [0.1, 0.15) is 19.2 Å². The first-order valence-corrected chi connectivity index (χ1v) is 5.32. The van der Waals surface area contributed by atoms with Gasteiger partial charge in [0.2, 0.25) is 5.95 Å². The van der Waals surface area contributed by atoms with E-state index in [1.807, 2.05) is 24.3 Å². The smallest absolute Gasteiger partial charge is 0.246 e. The molecule has 2 aromatic rings. The molecule has 1 heterocycles. The zero-order valence-corrected chi connectivity index (χ0v) is 9.20. The molecule has 1 aromatic carbocycles. The minimum absolute atomic E-state index is 0.557. The van der Waals surface area contributed by atoms with E-state index in [2.05, 4.69) is 27.4 Å². The van der Waals surface area contributed by atoms with Crippen molar-refractivity contribution in [2.75, 3.05) is 11.1 Å². The number of nitrogens with two attached hydrogens (primary N) is 1. The molecule has 0 amide bonds. The number of hydrogen-bond donors (Lipinski definition) is 3. The molecule has 0 spiro atoms. The lowest BCUT2D eigenvalue weighted by Gasteiger charge is -2.04. The SMILES string of the molecule is CCCc1nc(Nc2ccccc2N)n[nH]1. The molecule has 0 fully saturated rings. The molecule has 0 saturated carbocycles. The van der Waals surface area contributed by atoms with Gasteiger partial charge in [0.25, 0.3) is 0 Å². The number of aryl methyl sites for hydroxylation is 1. The molecule has 0 atom stereocenters. The summed E-state index contributed by atoms with van der Waals surface area (Å²) in [5.74, 6) is 1.45. The Labute approximate surface area is 94.1 Å². The molecule has 2 rings (SSSR count). The highest BCUT2D eigenvalue weighted by Gasteiger charge is 2.03. The average molecular weight is 217 g/mol. The number of nitrogens with one attached hydrogen (secondary N) is 2. The predicted molar refractivity (Wildman–Crippen MR) is 64.5 cm³/mol. The van der Waals surface area contributed by atoms with Crippen LogP contribution in [0.4, 0.5) is 17.3 Å². The van der Waals surface area contributed by atoms with Crippen molar-refractivity contribution in [2.24, 2.45) is 0 Å². The van der Waals surface area contributed by atoms with E-state index < -0.39 is 0 Å². The second kappa shape index (κ2) is 4.65. The van der Waals surface area contributed by atoms with Crippen molar-refractivity contribution in [2.45, 2.75) is 19.8 Å². The van der Waals surface area contributed by atoms with E-state index in [1.54, 1.807) is 0 Å². The Balaban J connectivity index is 2.11. The van der Waals surface area contributed by atoms with E-state index in [0.717, 1.165) is 24.4 Å². The molecule has 0 aliphatic heterocycles. The number of hydrogen-bond acceptors (Lipinski definition) is 4. The minimum Gasteiger partial charge on any atom is -0.397 e. The highest BCUT2D eigenvalue weighted by molar-refractivity contribution is 5.69. The van der Waals surface area contributed by atoms with Crippen LogP contribution in [0.2, 0.25) is 0 Å². The Morgan fingerprint density at radius 2 is 2.19 bits per heavy atom. The van der Waals surface area contributed by atoms with Gasteiger partial charge >= 0.3 is 0 Å². The molecule has 16 heavy (non-hydrogen) atoms. The summed E-state index contributed by atoms with van der Waals surface area (Å²) in [6.45, 7) is 2.10. The zero-order valence-electron chi connectivity index (χ0n) is 9.20. The summed E-state index contributed by atoms with van der Waals surface area (Å²) in [5.41, 5.74) is 7.31. The number of rotatable bonds is 4. The first-order valence-electron chi connectivity index (χ1n) is 5.32. The van der Waals surface area contributed by atoms with Crippen molar-refractivity contribution >= 4 is 17.3 Å². The largest absolute Gasteiger partial charge is 0.397 e. The Bertz CT molecular complexity index is 463. The fraction of sp³-hybridized carbons (Fsp3) is 0.273. The quantitative estimate of drug-likeness (QED) is 0.685. The molecule has 0 saturated heterocycles. The second-order valence-corrected chi connectivity index (χ2v) is 3.57. The fourth-order valence-corrected chi connectivity index (χ4v) is 1.43. The molecule has 0 bridgehead atoms. The zero-order chi connectivity index (χ0) is 11.4. The molecule has 84 valence electrons. The van der Waals surface area contributed by atoms with E-state index in [9.17, 15) is 0 Å². The van der Waals surface area contributed by atoms with E-state index >= 15 is 0 Å². The van der Waals surface area contributed by atoms with Crippen LogP contribution in [0.3, 0.4) is 0 Å². The van der Waals surface area contributed by atoms with Crippen LogP contribution < -0.4 is 11.1 Å². The Morgan fingerprint density at radius 1 is 1.38 bits per heavy atom. The summed E-state index contributed by atoms with van der Waals surface area (Å²) >= 11 is 0. The van der Waals surface area contributed by atoms with Gasteiger partial charge in [-0.3, -0.25) is 5.10 Å². The molecule has 5 nitrogen and oxygen atoms in total. The van der Waals surface area contributed by atoms with Gasteiger partial charge < -0.3 is 11.1 Å². The first-order chi connectivity index (χ1) is 7.79. The van der Waals surface area contributed by atoms with Crippen molar-refractivity contribution in [1.29, 1.82) is 0 Å². The van der Waals surface area contributed by atoms with Crippen LogP contribution in [-0.2, 0) is 6.42 Å². The highest BCUT2D eigenvalue weighted by Crippen LogP contribution is 2.19. The van der Waals surface area contributed by atoms with Gasteiger partial charge in [0.05, 0.1) is 11.4 Å². The summed E-state index contributed by atoms with van der Waals surface area (Å²) < 4.78 is 0. The van der Waals surface area contributed by atoms with Crippen LogP contribution in [0.5, 0.6) is 0 Å². The standard InChI is InChI=1S/C11H15N5/c1-2-5-10-14-11(16-15-10)13-9-7-4-3-6-8(9)12/h3-4,6-7H,2,5,12H2,1H3,(H2,13,14,15,16). The third kappa shape index (κ3) is 2.31. The van der Waals surface area contributed by atoms with Gasteiger partial charge in [-0.25, -0.2) is 0 Å². The Kier molecular flexibility index (Phi) is 3.05. The number of nitrogens with zero attached hydrogens (tertiary/aromatic N) is 2. The topological polar surface area (TPSA) is 79.6 Å². The van der Waals surface area contributed by atoms with Crippen molar-refractivity contribution in [3.05, 3.63) is 30.1 Å². The molecule has 1 aromatic heterocycles. The van der Waals surface area contributed by atoms with Gasteiger partial charge in [-0.2, -0.15) is 4.98 Å². The van der Waals surface area contributed by atoms with Crippen molar-refractivity contribution in [3.8, 4) is 0 Å². The van der Waals surface area contributed by atoms with Crippen molar-refractivity contribution in [3.63, 3.8) is 0 Å². The summed E-state index contributed by atoms with van der Waals surface area (Å²) in [6.07, 6.45) is 1.95. The maximum Gasteiger partial charge on any atom is 0.246 e. The number of H-pyrrole nitrogens is 1. The van der Waals surface area contributed by atoms with Gasteiger partial charge in [-0.15, -0.1) is 5.10 Å². The van der Waals surface area contributed by atoms with E-state index in [1.165, 1.54) is 0 Å². The molecule has 0 aliphatic rings. The molecule has 0 radical (unpaired) electrons. The van der Waals surface area contributed by atoms with E-state index in [-0.39, 0.29) is 0 Å². The first kappa shape index (κ1) is 10.5. The lowest BCUT2D eigenvalue weighted by Crippen LogP contribution is -1.97. The van der Waals surface area contributed by atoms with Crippen LogP contribution in [0.15, 0.2) is 24.3 Å². The summed E-state index contributed by atoms with van der Waals surface area (Å²) in [6, 6.07) is 7.53. The third-order valence-electron chi connectivity index (χ3n) is 2.23. The lowest BCUT2D eigenvalue weighted by atomic mass is 10.3. The minimum atomic E-state index is 0.557. The van der Waals surface area contributed by atoms with Gasteiger partial charge in [0.15, 0.2) is 0 Å². The molecule has 0 unspecified atom stereocenters. The van der Waals surface area contributed by atoms with Gasteiger partial charge in [-0.05, 0) is 18.6 Å². The lowest BCUT2D eigenvalue weighted by molar-refractivity contribution is 0.841. The van der Waals surface area contributed by atoms with Crippen LogP contribution >= 0.6 is 0 Å². The van der Waals surface area contributed by atoms with Gasteiger partial charge in [-0.1, -0.05) is 19.1 Å². The summed E-state index contributed by atoms with van der Waals surface area (Å²) in [4.78, 5) is 4.30. The highest BCUT2D eigenvalue weighted by atomic mass is 15.3. The van der Waals surface area contributed by atoms with Gasteiger partial charge in [0.1, 0.15) is 5.82 Å². The number of aromatic nitrogens is 3. The molecular formula is C11H15N5. The molecule has 4 N–H and O–H groups in total. The monoisotopic (exact) mass is 217 g/mol. The molecule has 0 aliphatic carbocycles. The van der Waals surface area contributed by atoms with Crippen molar-refractivity contribution < 1.29 is 0 Å². The number of benzene rings is 1. The second-order valence-electron chi connectivity index (χ2n) is 3.57. The van der Waals surface area contributed by atoms with Gasteiger partial charge in [0, 0.05) is 6.42 Å². The van der Waals surface area contributed by atoms with E-state index in [4.69, 9.17) is 5.73 Å². The van der Waals surface area contributed by atoms with Crippen LogP contribution in [0, 0.1) is 0 Å². The Morgan fingerprint density at radius 3 is 2.94 bits per heavy atom. The third-order valence-corrected chi connectivity index (χ3v) is 2.23. The number of aromatic amines is 1. The Hall–Kier alpha value is -2.04. The normalized spacial score (nSPS) is 10.3. The fourth-order valence-electron chi connectivity index (χ4n) is 1.43. The van der Waals surface area contributed by atoms with Crippen LogP contribution in [0.25, 0.3) is 0 Å². The molecular weight excluding hydrogens is 202 g/mol. The number of para-hydroxylation sites is 2. The summed E-state index contributed by atoms with van der Waals surface area (Å²) in [5, 5.41) is 10.0. The molecule has 5 heteroatoms. The average Bonchev–Trinajstić information content (AvgIpc) is 2.70. The maximum atomic E-state index is 5.81. The van der Waals surface area contributed by atoms with E-state index in [0.29, 0.717) is 11.6 Å².